The lowest BCUT2D eigenvalue weighted by Crippen LogP contribution is -2.53. The molecule has 0 saturated heterocycles. The van der Waals surface area contributed by atoms with Gasteiger partial charge in [0.2, 0.25) is 5.91 Å². The van der Waals surface area contributed by atoms with Crippen LogP contribution in [0.5, 0.6) is 0 Å². The highest BCUT2D eigenvalue weighted by Crippen LogP contribution is 2.16. The molecule has 1 aliphatic rings. The first-order valence-electron chi connectivity index (χ1n) is 6.93. The largest absolute Gasteiger partial charge is 0.382 e. The Balaban J connectivity index is 1.89. The van der Waals surface area contributed by atoms with E-state index in [1.54, 1.807) is 13.1 Å². The van der Waals surface area contributed by atoms with Crippen LogP contribution in [0.15, 0.2) is 18.3 Å². The Bertz CT molecular complexity index is 484. The molecule has 0 radical (unpaired) electrons. The normalized spacial score (nSPS) is 18.0. The minimum atomic E-state index is -0.450. The Morgan fingerprint density at radius 3 is 3.10 bits per heavy atom. The predicted octanol–water partition coefficient (Wildman–Crippen LogP) is 0.485. The van der Waals surface area contributed by atoms with Crippen LogP contribution in [-0.2, 0) is 16.1 Å². The van der Waals surface area contributed by atoms with Crippen LogP contribution >= 0.6 is 0 Å². The Kier molecular flexibility index (Phi) is 4.79. The Labute approximate surface area is 118 Å². The molecule has 2 rings (SSSR count). The van der Waals surface area contributed by atoms with E-state index in [0.717, 1.165) is 6.42 Å². The molecule has 0 aliphatic carbocycles. The summed E-state index contributed by atoms with van der Waals surface area (Å²) in [5.41, 5.74) is 0.632. The molecule has 1 aliphatic heterocycles. The van der Waals surface area contributed by atoms with Crippen molar-refractivity contribution in [3.8, 4) is 0 Å². The number of aromatic nitrogens is 1. The van der Waals surface area contributed by atoms with Gasteiger partial charge in [0, 0.05) is 33.0 Å². The molecule has 2 heterocycles. The Morgan fingerprint density at radius 1 is 1.55 bits per heavy atom. The number of carbonyl (C=O) groups is 2. The summed E-state index contributed by atoms with van der Waals surface area (Å²) in [5, 5.41) is 2.86. The second kappa shape index (κ2) is 6.56. The van der Waals surface area contributed by atoms with Gasteiger partial charge in [-0.1, -0.05) is 0 Å². The number of hydrogen-bond acceptors (Lipinski definition) is 3. The molecule has 110 valence electrons. The van der Waals surface area contributed by atoms with E-state index in [-0.39, 0.29) is 11.8 Å². The van der Waals surface area contributed by atoms with Crippen LogP contribution in [0.2, 0.25) is 0 Å². The van der Waals surface area contributed by atoms with E-state index in [4.69, 9.17) is 4.74 Å². The summed E-state index contributed by atoms with van der Waals surface area (Å²) < 4.78 is 7.04. The molecule has 0 aromatic carbocycles. The molecule has 6 heteroatoms. The van der Waals surface area contributed by atoms with Gasteiger partial charge in [-0.3, -0.25) is 9.59 Å². The molecule has 1 N–H and O–H groups in total. The van der Waals surface area contributed by atoms with Crippen molar-refractivity contribution in [3.63, 3.8) is 0 Å². The highest BCUT2D eigenvalue weighted by molar-refractivity contribution is 5.97. The van der Waals surface area contributed by atoms with Gasteiger partial charge in [0.25, 0.3) is 5.91 Å². The van der Waals surface area contributed by atoms with Gasteiger partial charge in [0.15, 0.2) is 0 Å². The molecule has 0 bridgehead atoms. The molecular weight excluding hydrogens is 258 g/mol. The van der Waals surface area contributed by atoms with Crippen LogP contribution in [0.25, 0.3) is 0 Å². The Morgan fingerprint density at radius 2 is 2.35 bits per heavy atom. The molecule has 20 heavy (non-hydrogen) atoms. The first kappa shape index (κ1) is 14.6. The topological polar surface area (TPSA) is 63.6 Å². The van der Waals surface area contributed by atoms with E-state index in [9.17, 15) is 9.59 Å². The van der Waals surface area contributed by atoms with Crippen molar-refractivity contribution in [2.45, 2.75) is 25.9 Å². The molecule has 1 atom stereocenters. The number of fused-ring (bicyclic) bond motifs is 1. The van der Waals surface area contributed by atoms with Crippen LogP contribution in [0, 0.1) is 0 Å². The Hall–Kier alpha value is -1.82. The third-order valence-corrected chi connectivity index (χ3v) is 3.48. The quantitative estimate of drug-likeness (QED) is 0.771. The number of likely N-dealkylation sites (N-methyl/N-ethyl adjacent to an activating group) is 1. The number of ether oxygens (including phenoxy) is 1. The molecule has 1 unspecified atom stereocenters. The summed E-state index contributed by atoms with van der Waals surface area (Å²) in [6.07, 6.45) is 2.61. The number of amides is 2. The van der Waals surface area contributed by atoms with Gasteiger partial charge in [-0.2, -0.15) is 0 Å². The van der Waals surface area contributed by atoms with Crippen molar-refractivity contribution in [2.75, 3.05) is 26.8 Å². The molecule has 1 aromatic rings. The number of hydrogen-bond donors (Lipinski definition) is 1. The van der Waals surface area contributed by atoms with Crippen LogP contribution < -0.4 is 5.32 Å². The average molecular weight is 279 g/mol. The third-order valence-electron chi connectivity index (χ3n) is 3.48. The summed E-state index contributed by atoms with van der Waals surface area (Å²) >= 11 is 0. The van der Waals surface area contributed by atoms with E-state index in [1.807, 2.05) is 23.8 Å². The highest BCUT2D eigenvalue weighted by atomic mass is 16.5. The number of nitrogens with one attached hydrogen (secondary N) is 1. The van der Waals surface area contributed by atoms with Crippen LogP contribution in [0.4, 0.5) is 0 Å². The standard InChI is InChI=1S/C14H21N3O3/c1-3-20-9-5-7-15-13(18)12-10-17-8-4-6-11(17)14(19)16(12)2/h4,6,8,12H,3,5,7,9-10H2,1-2H3,(H,15,18). The molecule has 2 amide bonds. The zero-order valence-electron chi connectivity index (χ0n) is 12.0. The van der Waals surface area contributed by atoms with E-state index in [0.29, 0.717) is 32.0 Å². The van der Waals surface area contributed by atoms with Gasteiger partial charge >= 0.3 is 0 Å². The number of nitrogens with zero attached hydrogens (tertiary/aromatic N) is 2. The molecular formula is C14H21N3O3. The van der Waals surface area contributed by atoms with E-state index in [2.05, 4.69) is 5.32 Å². The number of rotatable bonds is 6. The van der Waals surface area contributed by atoms with E-state index >= 15 is 0 Å². The zero-order valence-corrected chi connectivity index (χ0v) is 12.0. The average Bonchev–Trinajstić information content (AvgIpc) is 2.91. The van der Waals surface area contributed by atoms with Gasteiger partial charge in [0.1, 0.15) is 11.7 Å². The van der Waals surface area contributed by atoms with Crippen molar-refractivity contribution in [1.29, 1.82) is 0 Å². The summed E-state index contributed by atoms with van der Waals surface area (Å²) in [6, 6.07) is 3.15. The lowest BCUT2D eigenvalue weighted by atomic mass is 10.1. The predicted molar refractivity (Wildman–Crippen MR) is 74.4 cm³/mol. The molecule has 6 nitrogen and oxygen atoms in total. The first-order valence-corrected chi connectivity index (χ1v) is 6.93. The van der Waals surface area contributed by atoms with Gasteiger partial charge in [0.05, 0.1) is 6.54 Å². The SMILES string of the molecule is CCOCCCNC(=O)C1Cn2cccc2C(=O)N1C. The second-order valence-corrected chi connectivity index (χ2v) is 4.82. The monoisotopic (exact) mass is 279 g/mol. The summed E-state index contributed by atoms with van der Waals surface area (Å²) in [4.78, 5) is 25.8. The molecule has 0 spiro atoms. The van der Waals surface area contributed by atoms with Crippen molar-refractivity contribution in [2.24, 2.45) is 0 Å². The van der Waals surface area contributed by atoms with E-state index in [1.165, 1.54) is 4.90 Å². The molecule has 1 aromatic heterocycles. The van der Waals surface area contributed by atoms with Gasteiger partial charge in [-0.05, 0) is 25.5 Å². The summed E-state index contributed by atoms with van der Waals surface area (Å²) in [6.45, 7) is 4.33. The lowest BCUT2D eigenvalue weighted by Gasteiger charge is -2.32. The smallest absolute Gasteiger partial charge is 0.270 e. The maximum absolute atomic E-state index is 12.2. The zero-order chi connectivity index (χ0) is 14.5. The van der Waals surface area contributed by atoms with Crippen molar-refractivity contribution >= 4 is 11.8 Å². The summed E-state index contributed by atoms with van der Waals surface area (Å²) in [5.74, 6) is -0.229. The lowest BCUT2D eigenvalue weighted by molar-refractivity contribution is -0.126. The van der Waals surface area contributed by atoms with Gasteiger partial charge in [-0.15, -0.1) is 0 Å². The maximum atomic E-state index is 12.2. The minimum Gasteiger partial charge on any atom is -0.382 e. The minimum absolute atomic E-state index is 0.114. The number of carbonyl (C=O) groups excluding carboxylic acids is 2. The fourth-order valence-corrected chi connectivity index (χ4v) is 2.31. The van der Waals surface area contributed by atoms with Crippen LogP contribution in [0.1, 0.15) is 23.8 Å². The summed E-state index contributed by atoms with van der Waals surface area (Å²) in [7, 11) is 1.67. The van der Waals surface area contributed by atoms with Crippen LogP contribution in [-0.4, -0.2) is 54.1 Å². The molecule has 0 saturated carbocycles. The van der Waals surface area contributed by atoms with Gasteiger partial charge < -0.3 is 19.5 Å². The maximum Gasteiger partial charge on any atom is 0.270 e. The van der Waals surface area contributed by atoms with E-state index < -0.39 is 6.04 Å². The fraction of sp³-hybridized carbons (Fsp3) is 0.571. The second-order valence-electron chi connectivity index (χ2n) is 4.82. The third kappa shape index (κ3) is 3.01. The van der Waals surface area contributed by atoms with Crippen LogP contribution in [0.3, 0.4) is 0 Å². The fourth-order valence-electron chi connectivity index (χ4n) is 2.31. The van der Waals surface area contributed by atoms with Gasteiger partial charge in [-0.25, -0.2) is 0 Å². The van der Waals surface area contributed by atoms with Crippen molar-refractivity contribution in [3.05, 3.63) is 24.0 Å². The molecule has 0 fully saturated rings. The highest BCUT2D eigenvalue weighted by Gasteiger charge is 2.33. The first-order chi connectivity index (χ1) is 9.65. The van der Waals surface area contributed by atoms with Crippen molar-refractivity contribution in [1.82, 2.24) is 14.8 Å². The van der Waals surface area contributed by atoms with Crippen molar-refractivity contribution < 1.29 is 14.3 Å².